The molecule has 0 aliphatic carbocycles. The van der Waals surface area contributed by atoms with Crippen LogP contribution in [0.4, 0.5) is 0 Å². The van der Waals surface area contributed by atoms with Crippen molar-refractivity contribution in [3.63, 3.8) is 0 Å². The van der Waals surface area contributed by atoms with Gasteiger partial charge < -0.3 is 9.47 Å². The van der Waals surface area contributed by atoms with Crippen LogP contribution in [0.15, 0.2) is 53.0 Å². The minimum atomic E-state index is 0.347. The molecule has 0 spiro atoms. The van der Waals surface area contributed by atoms with E-state index in [0.717, 1.165) is 21.5 Å². The van der Waals surface area contributed by atoms with Crippen molar-refractivity contribution in [2.75, 3.05) is 13.7 Å². The van der Waals surface area contributed by atoms with Crippen LogP contribution in [-0.4, -0.2) is 13.7 Å². The molecular formula is C16H13BrO2. The zero-order valence-electron chi connectivity index (χ0n) is 10.5. The lowest BCUT2D eigenvalue weighted by Crippen LogP contribution is -1.95. The minimum absolute atomic E-state index is 0.347. The summed E-state index contributed by atoms with van der Waals surface area (Å²) >= 11 is 3.43. The van der Waals surface area contributed by atoms with Gasteiger partial charge in [-0.2, -0.15) is 0 Å². The Morgan fingerprint density at radius 2 is 1.89 bits per heavy atom. The molecule has 2 aromatic rings. The lowest BCUT2D eigenvalue weighted by atomic mass is 10.2. The SMILES string of the molecule is COc1ccc(OCC#Cc2ccccc2)c(Br)c1. The fourth-order valence-corrected chi connectivity index (χ4v) is 1.97. The number of ether oxygens (including phenoxy) is 2. The molecule has 0 radical (unpaired) electrons. The molecule has 2 aromatic carbocycles. The predicted octanol–water partition coefficient (Wildman–Crippen LogP) is 3.89. The van der Waals surface area contributed by atoms with Gasteiger partial charge in [-0.25, -0.2) is 0 Å². The largest absolute Gasteiger partial charge is 0.497 e. The van der Waals surface area contributed by atoms with Gasteiger partial charge in [0.15, 0.2) is 0 Å². The summed E-state index contributed by atoms with van der Waals surface area (Å²) in [6, 6.07) is 15.4. The van der Waals surface area contributed by atoms with E-state index in [1.54, 1.807) is 7.11 Å². The van der Waals surface area contributed by atoms with Gasteiger partial charge >= 0.3 is 0 Å². The van der Waals surface area contributed by atoms with Crippen LogP contribution in [0.5, 0.6) is 11.5 Å². The summed E-state index contributed by atoms with van der Waals surface area (Å²) in [5.41, 5.74) is 0.986. The molecule has 0 bridgehead atoms. The Hall–Kier alpha value is -1.92. The molecule has 2 nitrogen and oxygen atoms in total. The molecule has 2 rings (SSSR count). The number of hydrogen-bond acceptors (Lipinski definition) is 2. The molecule has 0 heterocycles. The highest BCUT2D eigenvalue weighted by Gasteiger charge is 2.01. The van der Waals surface area contributed by atoms with Crippen LogP contribution >= 0.6 is 15.9 Å². The number of hydrogen-bond donors (Lipinski definition) is 0. The average Bonchev–Trinajstić information content (AvgIpc) is 2.46. The lowest BCUT2D eigenvalue weighted by molar-refractivity contribution is 0.365. The number of rotatable bonds is 3. The molecule has 0 aliphatic heterocycles. The Labute approximate surface area is 121 Å². The van der Waals surface area contributed by atoms with E-state index in [1.165, 1.54) is 0 Å². The maximum Gasteiger partial charge on any atom is 0.149 e. The first-order valence-corrected chi connectivity index (χ1v) is 6.59. The minimum Gasteiger partial charge on any atom is -0.497 e. The van der Waals surface area contributed by atoms with E-state index in [1.807, 2.05) is 48.5 Å². The summed E-state index contributed by atoms with van der Waals surface area (Å²) < 4.78 is 11.6. The topological polar surface area (TPSA) is 18.5 Å². The van der Waals surface area contributed by atoms with Crippen molar-refractivity contribution in [2.24, 2.45) is 0 Å². The van der Waals surface area contributed by atoms with E-state index < -0.39 is 0 Å². The molecule has 19 heavy (non-hydrogen) atoms. The quantitative estimate of drug-likeness (QED) is 0.800. The van der Waals surface area contributed by atoms with E-state index in [4.69, 9.17) is 9.47 Å². The Kier molecular flexibility index (Phi) is 4.88. The summed E-state index contributed by atoms with van der Waals surface area (Å²) in [7, 11) is 1.63. The molecule has 0 aliphatic rings. The molecule has 0 unspecified atom stereocenters. The fraction of sp³-hybridized carbons (Fsp3) is 0.125. The first-order chi connectivity index (χ1) is 9.29. The highest BCUT2D eigenvalue weighted by atomic mass is 79.9. The highest BCUT2D eigenvalue weighted by Crippen LogP contribution is 2.28. The van der Waals surface area contributed by atoms with E-state index in [2.05, 4.69) is 27.8 Å². The van der Waals surface area contributed by atoms with Gasteiger partial charge in [-0.15, -0.1) is 0 Å². The average molecular weight is 317 g/mol. The van der Waals surface area contributed by atoms with Crippen LogP contribution in [0.25, 0.3) is 0 Å². The Bertz CT molecular complexity index is 597. The first kappa shape index (κ1) is 13.5. The van der Waals surface area contributed by atoms with Gasteiger partial charge in [0.05, 0.1) is 11.6 Å². The smallest absolute Gasteiger partial charge is 0.149 e. The van der Waals surface area contributed by atoms with Crippen LogP contribution < -0.4 is 9.47 Å². The maximum atomic E-state index is 5.58. The molecule has 3 heteroatoms. The van der Waals surface area contributed by atoms with E-state index in [9.17, 15) is 0 Å². The molecule has 96 valence electrons. The van der Waals surface area contributed by atoms with Crippen molar-refractivity contribution in [3.8, 4) is 23.3 Å². The maximum absolute atomic E-state index is 5.58. The summed E-state index contributed by atoms with van der Waals surface area (Å²) in [5.74, 6) is 7.56. The van der Waals surface area contributed by atoms with Crippen LogP contribution in [0.3, 0.4) is 0 Å². The second-order valence-electron chi connectivity index (χ2n) is 3.75. The van der Waals surface area contributed by atoms with Crippen molar-refractivity contribution < 1.29 is 9.47 Å². The zero-order valence-corrected chi connectivity index (χ0v) is 12.1. The number of methoxy groups -OCH3 is 1. The third-order valence-electron chi connectivity index (χ3n) is 2.45. The van der Waals surface area contributed by atoms with Gasteiger partial charge in [0.2, 0.25) is 0 Å². The molecule has 0 amide bonds. The van der Waals surface area contributed by atoms with Gasteiger partial charge in [0.25, 0.3) is 0 Å². The first-order valence-electron chi connectivity index (χ1n) is 5.80. The lowest BCUT2D eigenvalue weighted by Gasteiger charge is -2.06. The van der Waals surface area contributed by atoms with Crippen LogP contribution in [0.1, 0.15) is 5.56 Å². The monoisotopic (exact) mass is 316 g/mol. The van der Waals surface area contributed by atoms with Crippen molar-refractivity contribution in [2.45, 2.75) is 0 Å². The Morgan fingerprint density at radius 3 is 2.58 bits per heavy atom. The van der Waals surface area contributed by atoms with Gasteiger partial charge in [0.1, 0.15) is 18.1 Å². The van der Waals surface area contributed by atoms with Gasteiger partial charge in [-0.3, -0.25) is 0 Å². The molecule has 0 saturated heterocycles. The van der Waals surface area contributed by atoms with E-state index >= 15 is 0 Å². The normalized spacial score (nSPS) is 9.37. The molecule has 0 aromatic heterocycles. The summed E-state index contributed by atoms with van der Waals surface area (Å²) in [6.07, 6.45) is 0. The number of benzene rings is 2. The summed E-state index contributed by atoms with van der Waals surface area (Å²) in [5, 5.41) is 0. The van der Waals surface area contributed by atoms with E-state index in [0.29, 0.717) is 6.61 Å². The predicted molar refractivity (Wildman–Crippen MR) is 79.5 cm³/mol. The summed E-state index contributed by atoms with van der Waals surface area (Å²) in [6.45, 7) is 0.347. The van der Waals surface area contributed by atoms with Crippen LogP contribution in [0, 0.1) is 11.8 Å². The molecule has 0 atom stereocenters. The fourth-order valence-electron chi connectivity index (χ4n) is 1.50. The molecule has 0 N–H and O–H groups in total. The van der Waals surface area contributed by atoms with Crippen molar-refractivity contribution >= 4 is 15.9 Å². The Morgan fingerprint density at radius 1 is 1.11 bits per heavy atom. The molecule has 0 saturated carbocycles. The second-order valence-corrected chi connectivity index (χ2v) is 4.61. The molecular weight excluding hydrogens is 304 g/mol. The Balaban J connectivity index is 1.95. The van der Waals surface area contributed by atoms with Gasteiger partial charge in [-0.05, 0) is 46.3 Å². The van der Waals surface area contributed by atoms with Crippen molar-refractivity contribution in [1.29, 1.82) is 0 Å². The van der Waals surface area contributed by atoms with Crippen LogP contribution in [0.2, 0.25) is 0 Å². The van der Waals surface area contributed by atoms with Gasteiger partial charge in [0, 0.05) is 5.56 Å². The third kappa shape index (κ3) is 4.04. The molecule has 0 fully saturated rings. The highest BCUT2D eigenvalue weighted by molar-refractivity contribution is 9.10. The zero-order chi connectivity index (χ0) is 13.5. The standard InChI is InChI=1S/C16H13BrO2/c1-18-14-9-10-16(15(17)12-14)19-11-5-8-13-6-3-2-4-7-13/h2-4,6-7,9-10,12H,11H2,1H3. The van der Waals surface area contributed by atoms with Crippen LogP contribution in [-0.2, 0) is 0 Å². The van der Waals surface area contributed by atoms with Crippen molar-refractivity contribution in [3.05, 3.63) is 58.6 Å². The van der Waals surface area contributed by atoms with Gasteiger partial charge in [-0.1, -0.05) is 30.0 Å². The summed E-state index contributed by atoms with van der Waals surface area (Å²) in [4.78, 5) is 0. The third-order valence-corrected chi connectivity index (χ3v) is 3.07. The van der Waals surface area contributed by atoms with Crippen molar-refractivity contribution in [1.82, 2.24) is 0 Å². The number of halogens is 1. The van der Waals surface area contributed by atoms with E-state index in [-0.39, 0.29) is 0 Å². The second kappa shape index (κ2) is 6.86.